The lowest BCUT2D eigenvalue weighted by Crippen LogP contribution is -2.17. The summed E-state index contributed by atoms with van der Waals surface area (Å²) in [7, 11) is 1.59. The third-order valence-electron chi connectivity index (χ3n) is 2.68. The van der Waals surface area contributed by atoms with Crippen molar-refractivity contribution in [3.8, 4) is 5.75 Å². The molecular formula is C13H23N3O2S. The zero-order chi connectivity index (χ0) is 14.6. The monoisotopic (exact) mass is 285 g/mol. The Labute approximate surface area is 118 Å². The molecule has 1 amide bonds. The second-order valence-corrected chi connectivity index (χ2v) is 5.72. The number of hydrogen-bond donors (Lipinski definition) is 3. The van der Waals surface area contributed by atoms with Gasteiger partial charge in [0, 0.05) is 13.1 Å². The Kier molecular flexibility index (Phi) is 5.47. The van der Waals surface area contributed by atoms with E-state index in [9.17, 15) is 4.79 Å². The fourth-order valence-corrected chi connectivity index (χ4v) is 2.60. The molecule has 0 saturated carbocycles. The maximum Gasteiger partial charge on any atom is 0.263 e. The topological polar surface area (TPSA) is 76.4 Å². The third-order valence-corrected chi connectivity index (χ3v) is 3.79. The van der Waals surface area contributed by atoms with Crippen molar-refractivity contribution in [2.45, 2.75) is 46.3 Å². The molecule has 1 aromatic rings. The molecule has 1 heterocycles. The minimum absolute atomic E-state index is 0.00641. The molecule has 0 saturated heterocycles. The van der Waals surface area contributed by atoms with Gasteiger partial charge in [0.25, 0.3) is 5.91 Å². The van der Waals surface area contributed by atoms with Crippen LogP contribution >= 0.6 is 11.3 Å². The summed E-state index contributed by atoms with van der Waals surface area (Å²) in [4.78, 5) is 12.3. The first-order valence-electron chi connectivity index (χ1n) is 6.48. The van der Waals surface area contributed by atoms with Gasteiger partial charge >= 0.3 is 0 Å². The summed E-state index contributed by atoms with van der Waals surface area (Å²) in [5, 5.41) is 6.75. The largest absolute Gasteiger partial charge is 0.486 e. The zero-order valence-corrected chi connectivity index (χ0v) is 13.0. The molecule has 108 valence electrons. The molecular weight excluding hydrogens is 262 g/mol. The van der Waals surface area contributed by atoms with E-state index in [0.717, 1.165) is 11.4 Å². The highest BCUT2D eigenvalue weighted by molar-refractivity contribution is 7.19. The molecule has 1 aromatic heterocycles. The highest BCUT2D eigenvalue weighted by atomic mass is 32.1. The number of nitrogen functional groups attached to an aromatic ring is 1. The molecule has 0 aliphatic carbocycles. The van der Waals surface area contributed by atoms with Gasteiger partial charge in [-0.1, -0.05) is 6.92 Å². The first kappa shape index (κ1) is 15.6. The van der Waals surface area contributed by atoms with Crippen molar-refractivity contribution in [1.82, 2.24) is 5.32 Å². The minimum Gasteiger partial charge on any atom is -0.486 e. The molecule has 1 unspecified atom stereocenters. The number of amides is 1. The van der Waals surface area contributed by atoms with E-state index in [1.807, 2.05) is 13.8 Å². The van der Waals surface area contributed by atoms with Gasteiger partial charge in [0.05, 0.1) is 6.10 Å². The molecule has 19 heavy (non-hydrogen) atoms. The summed E-state index contributed by atoms with van der Waals surface area (Å²) in [6.45, 7) is 8.04. The average Bonchev–Trinajstić information content (AvgIpc) is 2.66. The number of thiophene rings is 1. The Hall–Kier alpha value is -1.43. The van der Waals surface area contributed by atoms with Crippen LogP contribution in [0.4, 0.5) is 10.7 Å². The van der Waals surface area contributed by atoms with E-state index in [0.29, 0.717) is 22.4 Å². The van der Waals surface area contributed by atoms with Crippen molar-refractivity contribution in [2.75, 3.05) is 18.1 Å². The fraction of sp³-hybridized carbons (Fsp3) is 0.615. The predicted octanol–water partition coefficient (Wildman–Crippen LogP) is 2.69. The van der Waals surface area contributed by atoms with Crippen LogP contribution in [0.3, 0.4) is 0 Å². The van der Waals surface area contributed by atoms with E-state index in [4.69, 9.17) is 10.5 Å². The summed E-state index contributed by atoms with van der Waals surface area (Å²) in [5.74, 6) is 0.396. The SMILES string of the molecule is CCC(C)Nc1sc(C(=O)NC)c(N)c1OC(C)C. The van der Waals surface area contributed by atoms with Crippen molar-refractivity contribution in [3.63, 3.8) is 0 Å². The Morgan fingerprint density at radius 2 is 2.05 bits per heavy atom. The molecule has 0 aromatic carbocycles. The Balaban J connectivity index is 3.15. The van der Waals surface area contributed by atoms with Crippen LogP contribution in [0.1, 0.15) is 43.8 Å². The van der Waals surface area contributed by atoms with E-state index in [1.165, 1.54) is 11.3 Å². The smallest absolute Gasteiger partial charge is 0.263 e. The first-order chi connectivity index (χ1) is 8.90. The van der Waals surface area contributed by atoms with Crippen LogP contribution in [0.25, 0.3) is 0 Å². The summed E-state index contributed by atoms with van der Waals surface area (Å²) >= 11 is 1.33. The van der Waals surface area contributed by atoms with Crippen LogP contribution in [-0.2, 0) is 0 Å². The number of carbonyl (C=O) groups excluding carboxylic acids is 1. The van der Waals surface area contributed by atoms with Gasteiger partial charge in [-0.3, -0.25) is 4.79 Å². The van der Waals surface area contributed by atoms with Crippen LogP contribution in [0.15, 0.2) is 0 Å². The maximum atomic E-state index is 11.8. The number of ether oxygens (including phenoxy) is 1. The lowest BCUT2D eigenvalue weighted by atomic mass is 10.2. The Morgan fingerprint density at radius 1 is 1.42 bits per heavy atom. The normalized spacial score (nSPS) is 12.3. The quantitative estimate of drug-likeness (QED) is 0.751. The number of carbonyl (C=O) groups is 1. The van der Waals surface area contributed by atoms with E-state index < -0.39 is 0 Å². The third kappa shape index (κ3) is 3.76. The molecule has 1 rings (SSSR count). The highest BCUT2D eigenvalue weighted by Gasteiger charge is 2.23. The van der Waals surface area contributed by atoms with Crippen molar-refractivity contribution >= 4 is 27.9 Å². The lowest BCUT2D eigenvalue weighted by Gasteiger charge is -2.15. The van der Waals surface area contributed by atoms with Crippen molar-refractivity contribution in [3.05, 3.63) is 4.88 Å². The fourth-order valence-electron chi connectivity index (χ4n) is 1.48. The number of hydrogen-bond acceptors (Lipinski definition) is 5. The summed E-state index contributed by atoms with van der Waals surface area (Å²) in [6, 6.07) is 0.296. The molecule has 1 atom stereocenters. The highest BCUT2D eigenvalue weighted by Crippen LogP contribution is 2.43. The van der Waals surface area contributed by atoms with Crippen LogP contribution in [0.5, 0.6) is 5.75 Å². The summed E-state index contributed by atoms with van der Waals surface area (Å²) in [5.41, 5.74) is 6.44. The molecule has 6 heteroatoms. The minimum atomic E-state index is -0.187. The van der Waals surface area contributed by atoms with Gasteiger partial charge in [0.15, 0.2) is 5.75 Å². The second kappa shape index (κ2) is 6.65. The lowest BCUT2D eigenvalue weighted by molar-refractivity contribution is 0.0967. The van der Waals surface area contributed by atoms with Crippen LogP contribution in [0.2, 0.25) is 0 Å². The van der Waals surface area contributed by atoms with E-state index in [2.05, 4.69) is 24.5 Å². The zero-order valence-electron chi connectivity index (χ0n) is 12.2. The molecule has 0 bridgehead atoms. The van der Waals surface area contributed by atoms with Gasteiger partial charge in [-0.05, 0) is 27.2 Å². The van der Waals surface area contributed by atoms with Gasteiger partial charge in [-0.25, -0.2) is 0 Å². The number of anilines is 2. The van der Waals surface area contributed by atoms with E-state index in [1.54, 1.807) is 7.05 Å². The van der Waals surface area contributed by atoms with Crippen LogP contribution in [0, 0.1) is 0 Å². The molecule has 5 nitrogen and oxygen atoms in total. The number of rotatable bonds is 6. The van der Waals surface area contributed by atoms with Gasteiger partial charge in [-0.15, -0.1) is 11.3 Å². The van der Waals surface area contributed by atoms with Gasteiger partial charge in [-0.2, -0.15) is 0 Å². The molecule has 0 aliphatic heterocycles. The van der Waals surface area contributed by atoms with Gasteiger partial charge in [0.2, 0.25) is 0 Å². The first-order valence-corrected chi connectivity index (χ1v) is 7.29. The van der Waals surface area contributed by atoms with E-state index in [-0.39, 0.29) is 12.0 Å². The second-order valence-electron chi connectivity index (χ2n) is 4.70. The van der Waals surface area contributed by atoms with Crippen molar-refractivity contribution in [1.29, 1.82) is 0 Å². The van der Waals surface area contributed by atoms with Gasteiger partial charge in [0.1, 0.15) is 15.6 Å². The molecule has 0 fully saturated rings. The summed E-state index contributed by atoms with van der Waals surface area (Å²) in [6.07, 6.45) is 0.987. The van der Waals surface area contributed by atoms with Crippen LogP contribution < -0.4 is 21.1 Å². The Morgan fingerprint density at radius 3 is 2.53 bits per heavy atom. The summed E-state index contributed by atoms with van der Waals surface area (Å²) < 4.78 is 5.74. The Bertz CT molecular complexity index is 443. The average molecular weight is 285 g/mol. The van der Waals surface area contributed by atoms with Crippen molar-refractivity contribution < 1.29 is 9.53 Å². The van der Waals surface area contributed by atoms with Gasteiger partial charge < -0.3 is 21.1 Å². The van der Waals surface area contributed by atoms with Crippen molar-refractivity contribution in [2.24, 2.45) is 0 Å². The molecule has 0 aliphatic rings. The maximum absolute atomic E-state index is 11.8. The molecule has 0 spiro atoms. The predicted molar refractivity (Wildman–Crippen MR) is 81.3 cm³/mol. The number of nitrogens with one attached hydrogen (secondary N) is 2. The number of nitrogens with two attached hydrogens (primary N) is 1. The standard InChI is InChI=1S/C13H23N3O2S/c1-6-8(4)16-13-10(18-7(2)3)9(14)11(19-13)12(17)15-5/h7-8,16H,6,14H2,1-5H3,(H,15,17). The van der Waals surface area contributed by atoms with E-state index >= 15 is 0 Å². The molecule has 4 N–H and O–H groups in total. The van der Waals surface area contributed by atoms with Crippen LogP contribution in [-0.4, -0.2) is 25.1 Å². The molecule has 0 radical (unpaired) electrons.